The highest BCUT2D eigenvalue weighted by Gasteiger charge is 2.22. The standard InChI is InChI=1S/C13H13N5OS/c14-17-13(19)18(15)9-5-3-7-11-12(9)16-8-4-1-2-6-10(8)20-11/h1-7,16H,14-15H2,(H,17,19). The highest BCUT2D eigenvalue weighted by molar-refractivity contribution is 7.99. The lowest BCUT2D eigenvalue weighted by Gasteiger charge is -2.26. The fraction of sp³-hybridized carbons (Fsp3) is 0. The number of rotatable bonds is 1. The normalized spacial score (nSPS) is 11.9. The molecule has 1 heterocycles. The number of fused-ring (bicyclic) bond motifs is 2. The third kappa shape index (κ3) is 2.07. The Kier molecular flexibility index (Phi) is 3.23. The number of amides is 2. The number of anilines is 3. The van der Waals surface area contributed by atoms with Gasteiger partial charge in [-0.3, -0.25) is 5.43 Å². The van der Waals surface area contributed by atoms with Crippen LogP contribution in [0.4, 0.5) is 21.9 Å². The summed E-state index contributed by atoms with van der Waals surface area (Å²) in [6.45, 7) is 0. The Labute approximate surface area is 120 Å². The number of carbonyl (C=O) groups is 1. The van der Waals surface area contributed by atoms with Crippen LogP contribution in [0.5, 0.6) is 0 Å². The molecule has 0 spiro atoms. The van der Waals surface area contributed by atoms with Crippen LogP contribution in [-0.2, 0) is 0 Å². The Bertz CT molecular complexity index is 676. The van der Waals surface area contributed by atoms with Gasteiger partial charge in [-0.2, -0.15) is 0 Å². The summed E-state index contributed by atoms with van der Waals surface area (Å²) in [6, 6.07) is 13.0. The molecule has 0 saturated heterocycles. The van der Waals surface area contributed by atoms with Crippen LogP contribution < -0.4 is 27.4 Å². The average Bonchev–Trinajstić information content (AvgIpc) is 2.50. The molecule has 0 unspecified atom stereocenters. The lowest BCUT2D eigenvalue weighted by atomic mass is 10.2. The number of para-hydroxylation sites is 2. The van der Waals surface area contributed by atoms with Gasteiger partial charge in [0.15, 0.2) is 0 Å². The van der Waals surface area contributed by atoms with Crippen molar-refractivity contribution in [3.8, 4) is 0 Å². The van der Waals surface area contributed by atoms with E-state index in [0.29, 0.717) is 5.69 Å². The summed E-state index contributed by atoms with van der Waals surface area (Å²) >= 11 is 1.63. The van der Waals surface area contributed by atoms with Crippen molar-refractivity contribution in [2.75, 3.05) is 10.3 Å². The number of hydrazine groups is 2. The predicted molar refractivity (Wildman–Crippen MR) is 79.7 cm³/mol. The minimum Gasteiger partial charge on any atom is -0.352 e. The Morgan fingerprint density at radius 1 is 1.15 bits per heavy atom. The molecule has 7 heteroatoms. The summed E-state index contributed by atoms with van der Waals surface area (Å²) in [4.78, 5) is 13.7. The first-order valence-corrected chi connectivity index (χ1v) is 6.74. The Balaban J connectivity index is 2.04. The van der Waals surface area contributed by atoms with Crippen molar-refractivity contribution in [2.24, 2.45) is 11.7 Å². The quantitative estimate of drug-likeness (QED) is 0.312. The molecule has 0 aliphatic carbocycles. The van der Waals surface area contributed by atoms with Crippen LogP contribution in [0.2, 0.25) is 0 Å². The van der Waals surface area contributed by atoms with Crippen LogP contribution in [0, 0.1) is 0 Å². The van der Waals surface area contributed by atoms with E-state index in [-0.39, 0.29) is 0 Å². The van der Waals surface area contributed by atoms with Crippen molar-refractivity contribution in [3.63, 3.8) is 0 Å². The zero-order valence-electron chi connectivity index (χ0n) is 10.5. The smallest absolute Gasteiger partial charge is 0.350 e. The number of carbonyl (C=O) groups excluding carboxylic acids is 1. The van der Waals surface area contributed by atoms with Crippen LogP contribution in [-0.4, -0.2) is 6.03 Å². The second kappa shape index (κ2) is 5.04. The minimum absolute atomic E-state index is 0.562. The van der Waals surface area contributed by atoms with E-state index in [4.69, 9.17) is 11.7 Å². The van der Waals surface area contributed by atoms with Crippen molar-refractivity contribution in [1.29, 1.82) is 0 Å². The fourth-order valence-corrected chi connectivity index (χ4v) is 3.04. The first-order valence-electron chi connectivity index (χ1n) is 5.93. The topological polar surface area (TPSA) is 96.4 Å². The number of nitrogens with zero attached hydrogens (tertiary/aromatic N) is 1. The van der Waals surface area contributed by atoms with Crippen molar-refractivity contribution in [1.82, 2.24) is 5.43 Å². The molecule has 0 fully saturated rings. The van der Waals surface area contributed by atoms with Gasteiger partial charge in [-0.1, -0.05) is 30.0 Å². The van der Waals surface area contributed by atoms with Crippen molar-refractivity contribution in [3.05, 3.63) is 42.5 Å². The summed E-state index contributed by atoms with van der Waals surface area (Å²) in [6.07, 6.45) is 0. The van der Waals surface area contributed by atoms with E-state index in [1.807, 2.05) is 41.8 Å². The van der Waals surface area contributed by atoms with E-state index < -0.39 is 6.03 Å². The molecule has 1 aliphatic heterocycles. The van der Waals surface area contributed by atoms with Crippen molar-refractivity contribution in [2.45, 2.75) is 9.79 Å². The molecule has 1 aliphatic rings. The first kappa shape index (κ1) is 12.8. The van der Waals surface area contributed by atoms with Gasteiger partial charge in [0.2, 0.25) is 0 Å². The predicted octanol–water partition coefficient (Wildman–Crippen LogP) is 2.16. The summed E-state index contributed by atoms with van der Waals surface area (Å²) in [5, 5.41) is 4.29. The van der Waals surface area contributed by atoms with Crippen LogP contribution in [0.3, 0.4) is 0 Å². The highest BCUT2D eigenvalue weighted by atomic mass is 32.2. The molecule has 2 aromatic carbocycles. The highest BCUT2D eigenvalue weighted by Crippen LogP contribution is 2.47. The largest absolute Gasteiger partial charge is 0.352 e. The summed E-state index contributed by atoms with van der Waals surface area (Å²) in [5.74, 6) is 10.9. The number of nitrogens with two attached hydrogens (primary N) is 2. The van der Waals surface area contributed by atoms with Crippen LogP contribution in [0.15, 0.2) is 52.3 Å². The third-order valence-corrected chi connectivity index (χ3v) is 4.11. The van der Waals surface area contributed by atoms with Crippen LogP contribution >= 0.6 is 11.8 Å². The summed E-state index contributed by atoms with van der Waals surface area (Å²) in [5.41, 5.74) is 4.36. The minimum atomic E-state index is -0.580. The molecule has 102 valence electrons. The Morgan fingerprint density at radius 3 is 2.70 bits per heavy atom. The second-order valence-electron chi connectivity index (χ2n) is 4.19. The molecule has 20 heavy (non-hydrogen) atoms. The van der Waals surface area contributed by atoms with Crippen LogP contribution in [0.1, 0.15) is 0 Å². The van der Waals surface area contributed by atoms with Gasteiger partial charge in [-0.05, 0) is 24.3 Å². The van der Waals surface area contributed by atoms with Gasteiger partial charge in [0, 0.05) is 9.79 Å². The zero-order valence-corrected chi connectivity index (χ0v) is 11.3. The molecule has 6 nitrogen and oxygen atoms in total. The van der Waals surface area contributed by atoms with E-state index in [1.54, 1.807) is 17.8 Å². The summed E-state index contributed by atoms with van der Waals surface area (Å²) < 4.78 is 0. The van der Waals surface area contributed by atoms with Gasteiger partial charge in [0.25, 0.3) is 0 Å². The van der Waals surface area contributed by atoms with Crippen LogP contribution in [0.25, 0.3) is 0 Å². The van der Waals surface area contributed by atoms with Gasteiger partial charge in [0.05, 0.1) is 17.1 Å². The van der Waals surface area contributed by atoms with Crippen molar-refractivity contribution < 1.29 is 4.79 Å². The SMILES string of the molecule is NNC(=O)N(N)c1cccc2c1Nc1ccccc1S2. The molecule has 0 aromatic heterocycles. The number of urea groups is 1. The summed E-state index contributed by atoms with van der Waals surface area (Å²) in [7, 11) is 0. The van der Waals surface area contributed by atoms with Gasteiger partial charge < -0.3 is 5.32 Å². The Hall–Kier alpha value is -2.22. The van der Waals surface area contributed by atoms with Gasteiger partial charge in [-0.15, -0.1) is 0 Å². The molecule has 2 amide bonds. The van der Waals surface area contributed by atoms with E-state index >= 15 is 0 Å². The maximum absolute atomic E-state index is 11.6. The second-order valence-corrected chi connectivity index (χ2v) is 5.28. The van der Waals surface area contributed by atoms with Gasteiger partial charge in [-0.25, -0.2) is 21.5 Å². The molecular formula is C13H13N5OS. The van der Waals surface area contributed by atoms with Gasteiger partial charge >= 0.3 is 6.03 Å². The molecule has 0 radical (unpaired) electrons. The van der Waals surface area contributed by atoms with E-state index in [2.05, 4.69) is 5.32 Å². The maximum Gasteiger partial charge on any atom is 0.350 e. The first-order chi connectivity index (χ1) is 9.70. The fourth-order valence-electron chi connectivity index (χ4n) is 2.02. The molecular weight excluding hydrogens is 274 g/mol. The number of nitrogens with one attached hydrogen (secondary N) is 2. The molecule has 3 rings (SSSR count). The number of hydrogen-bond donors (Lipinski definition) is 4. The molecule has 6 N–H and O–H groups in total. The number of benzene rings is 2. The van der Waals surface area contributed by atoms with E-state index in [0.717, 1.165) is 26.2 Å². The average molecular weight is 287 g/mol. The molecule has 0 saturated carbocycles. The third-order valence-electron chi connectivity index (χ3n) is 2.97. The zero-order chi connectivity index (χ0) is 14.1. The lowest BCUT2D eigenvalue weighted by molar-refractivity contribution is 0.246. The lowest BCUT2D eigenvalue weighted by Crippen LogP contribution is -2.47. The molecule has 0 bridgehead atoms. The van der Waals surface area contributed by atoms with E-state index in [9.17, 15) is 4.79 Å². The monoisotopic (exact) mass is 287 g/mol. The number of hydrogen-bond acceptors (Lipinski definition) is 5. The van der Waals surface area contributed by atoms with Crippen molar-refractivity contribution >= 4 is 34.9 Å². The Morgan fingerprint density at radius 2 is 1.90 bits per heavy atom. The van der Waals surface area contributed by atoms with E-state index in [1.165, 1.54) is 0 Å². The van der Waals surface area contributed by atoms with Gasteiger partial charge in [0.1, 0.15) is 0 Å². The molecule has 0 atom stereocenters. The molecule has 2 aromatic rings. The maximum atomic E-state index is 11.6.